The van der Waals surface area contributed by atoms with E-state index in [1.54, 1.807) is 24.3 Å². The van der Waals surface area contributed by atoms with Crippen LogP contribution in [-0.4, -0.2) is 43.7 Å². The number of carbonyl (C=O) groups excluding carboxylic acids is 2. The van der Waals surface area contributed by atoms with Gasteiger partial charge in [0.25, 0.3) is 5.91 Å². The second kappa shape index (κ2) is 10.6. The second-order valence-electron chi connectivity index (χ2n) is 7.55. The molecule has 0 aliphatic carbocycles. The maximum atomic E-state index is 12.4. The van der Waals surface area contributed by atoms with Crippen LogP contribution in [0.4, 0.5) is 11.4 Å². The van der Waals surface area contributed by atoms with Crippen LogP contribution in [0.3, 0.4) is 0 Å². The third-order valence-electron chi connectivity index (χ3n) is 4.63. The fourth-order valence-electron chi connectivity index (χ4n) is 3.12. The zero-order chi connectivity index (χ0) is 21.3. The highest BCUT2D eigenvalue weighted by Crippen LogP contribution is 2.25. The molecule has 160 valence electrons. The molecule has 1 heterocycles. The van der Waals surface area contributed by atoms with Crippen molar-refractivity contribution in [2.45, 2.75) is 38.8 Å². The molecule has 7 heteroatoms. The highest BCUT2D eigenvalue weighted by atomic mass is 16.5. The summed E-state index contributed by atoms with van der Waals surface area (Å²) in [5.74, 6) is 0.320. The molecule has 30 heavy (non-hydrogen) atoms. The Balaban J connectivity index is 1.49. The minimum Gasteiger partial charge on any atom is -0.489 e. The summed E-state index contributed by atoms with van der Waals surface area (Å²) >= 11 is 0. The maximum absolute atomic E-state index is 12.4. The Morgan fingerprint density at radius 1 is 1.13 bits per heavy atom. The van der Waals surface area contributed by atoms with Gasteiger partial charge in [-0.05, 0) is 63.1 Å². The monoisotopic (exact) mass is 411 g/mol. The number of rotatable bonds is 9. The van der Waals surface area contributed by atoms with Gasteiger partial charge in [-0.3, -0.25) is 9.59 Å². The summed E-state index contributed by atoms with van der Waals surface area (Å²) < 4.78 is 11.4. The number of amides is 2. The molecule has 0 saturated carbocycles. The number of hydrogen-bond donors (Lipinski definition) is 3. The molecule has 2 aromatic carbocycles. The van der Waals surface area contributed by atoms with E-state index >= 15 is 0 Å². The second-order valence-corrected chi connectivity index (χ2v) is 7.55. The lowest BCUT2D eigenvalue weighted by Gasteiger charge is -2.15. The van der Waals surface area contributed by atoms with Gasteiger partial charge in [-0.2, -0.15) is 0 Å². The van der Waals surface area contributed by atoms with Crippen LogP contribution in [0, 0.1) is 0 Å². The Kier molecular flexibility index (Phi) is 7.68. The third-order valence-corrected chi connectivity index (χ3v) is 4.63. The highest BCUT2D eigenvalue weighted by Gasteiger charge is 2.17. The van der Waals surface area contributed by atoms with Gasteiger partial charge in [0.05, 0.1) is 18.3 Å². The zero-order valence-corrected chi connectivity index (χ0v) is 17.4. The quantitative estimate of drug-likeness (QED) is 0.588. The molecule has 3 N–H and O–H groups in total. The van der Waals surface area contributed by atoms with Crippen molar-refractivity contribution in [2.75, 3.05) is 30.4 Å². The van der Waals surface area contributed by atoms with Crippen molar-refractivity contribution < 1.29 is 19.1 Å². The molecule has 7 nitrogen and oxygen atoms in total. The van der Waals surface area contributed by atoms with E-state index in [1.807, 2.05) is 38.1 Å². The Bertz CT molecular complexity index is 846. The van der Waals surface area contributed by atoms with Gasteiger partial charge in [0, 0.05) is 23.9 Å². The predicted molar refractivity (Wildman–Crippen MR) is 117 cm³/mol. The Morgan fingerprint density at radius 2 is 1.90 bits per heavy atom. The summed E-state index contributed by atoms with van der Waals surface area (Å²) in [6.45, 7) is 5.18. The van der Waals surface area contributed by atoms with E-state index < -0.39 is 0 Å². The molecule has 1 aliphatic rings. The molecule has 2 amide bonds. The molecule has 0 spiro atoms. The normalized spacial score (nSPS) is 15.6. The molecule has 1 saturated heterocycles. The molecule has 1 fully saturated rings. The third kappa shape index (κ3) is 6.49. The lowest BCUT2D eigenvalue weighted by atomic mass is 10.2. The van der Waals surface area contributed by atoms with Crippen molar-refractivity contribution >= 4 is 23.2 Å². The molecular weight excluding hydrogens is 382 g/mol. The number of benzene rings is 2. The number of ether oxygens (including phenoxy) is 2. The molecular formula is C23H29N3O4. The molecule has 0 aromatic heterocycles. The molecule has 1 atom stereocenters. The van der Waals surface area contributed by atoms with E-state index in [2.05, 4.69) is 16.0 Å². The molecule has 3 rings (SSSR count). The van der Waals surface area contributed by atoms with Gasteiger partial charge in [-0.25, -0.2) is 0 Å². The van der Waals surface area contributed by atoms with Crippen molar-refractivity contribution in [3.63, 3.8) is 0 Å². The van der Waals surface area contributed by atoms with Crippen LogP contribution < -0.4 is 20.7 Å². The smallest absolute Gasteiger partial charge is 0.251 e. The highest BCUT2D eigenvalue weighted by molar-refractivity contribution is 5.96. The minimum absolute atomic E-state index is 0.0801. The predicted octanol–water partition coefficient (Wildman–Crippen LogP) is 3.43. The van der Waals surface area contributed by atoms with E-state index in [9.17, 15) is 9.59 Å². The maximum Gasteiger partial charge on any atom is 0.251 e. The number of para-hydroxylation sites is 2. The van der Waals surface area contributed by atoms with Gasteiger partial charge in [0.2, 0.25) is 5.91 Å². The average molecular weight is 412 g/mol. The first-order valence-electron chi connectivity index (χ1n) is 10.3. The van der Waals surface area contributed by atoms with E-state index in [0.29, 0.717) is 23.6 Å². The van der Waals surface area contributed by atoms with Crippen LogP contribution >= 0.6 is 0 Å². The van der Waals surface area contributed by atoms with E-state index in [4.69, 9.17) is 9.47 Å². The summed E-state index contributed by atoms with van der Waals surface area (Å²) in [5.41, 5.74) is 1.97. The van der Waals surface area contributed by atoms with Crippen molar-refractivity contribution in [1.29, 1.82) is 0 Å². The molecule has 1 aliphatic heterocycles. The van der Waals surface area contributed by atoms with Gasteiger partial charge in [-0.1, -0.05) is 12.1 Å². The number of nitrogens with one attached hydrogen (secondary N) is 3. The van der Waals surface area contributed by atoms with Crippen LogP contribution in [0.2, 0.25) is 0 Å². The van der Waals surface area contributed by atoms with Crippen molar-refractivity contribution in [3.05, 3.63) is 54.1 Å². The molecule has 0 bridgehead atoms. The first-order chi connectivity index (χ1) is 14.5. The minimum atomic E-state index is -0.190. The van der Waals surface area contributed by atoms with Gasteiger partial charge < -0.3 is 25.4 Å². The standard InChI is InChI=1S/C23H29N3O4/c1-16(2)25-23(28)17-9-11-18(12-10-17)24-14-22(27)26-20-7-3-4-8-21(20)30-15-19-6-5-13-29-19/h3-4,7-12,16,19,24H,5-6,13-15H2,1-2H3,(H,25,28)(H,26,27). The fourth-order valence-corrected chi connectivity index (χ4v) is 3.12. The first-order valence-corrected chi connectivity index (χ1v) is 10.3. The van der Waals surface area contributed by atoms with Crippen LogP contribution in [0.5, 0.6) is 5.75 Å². The van der Waals surface area contributed by atoms with E-state index in [0.717, 1.165) is 25.1 Å². The SMILES string of the molecule is CC(C)NC(=O)c1ccc(NCC(=O)Nc2ccccc2OCC2CCCO2)cc1. The average Bonchev–Trinajstić information content (AvgIpc) is 3.25. The number of anilines is 2. The van der Waals surface area contributed by atoms with Crippen LogP contribution in [0.25, 0.3) is 0 Å². The van der Waals surface area contributed by atoms with Gasteiger partial charge >= 0.3 is 0 Å². The molecule has 2 aromatic rings. The van der Waals surface area contributed by atoms with Gasteiger partial charge in [0.15, 0.2) is 0 Å². The molecule has 1 unspecified atom stereocenters. The van der Waals surface area contributed by atoms with Gasteiger partial charge in [0.1, 0.15) is 12.4 Å². The summed E-state index contributed by atoms with van der Waals surface area (Å²) in [7, 11) is 0. The number of hydrogen-bond acceptors (Lipinski definition) is 5. The van der Waals surface area contributed by atoms with Crippen molar-refractivity contribution in [1.82, 2.24) is 5.32 Å². The topological polar surface area (TPSA) is 88.7 Å². The van der Waals surface area contributed by atoms with E-state index in [-0.39, 0.29) is 30.5 Å². The lowest BCUT2D eigenvalue weighted by Crippen LogP contribution is -2.30. The van der Waals surface area contributed by atoms with Crippen LogP contribution in [0.15, 0.2) is 48.5 Å². The Hall–Kier alpha value is -3.06. The summed E-state index contributed by atoms with van der Waals surface area (Å²) in [5, 5.41) is 8.79. The largest absolute Gasteiger partial charge is 0.489 e. The molecule has 0 radical (unpaired) electrons. The summed E-state index contributed by atoms with van der Waals surface area (Å²) in [6, 6.07) is 14.5. The summed E-state index contributed by atoms with van der Waals surface area (Å²) in [4.78, 5) is 24.4. The Labute approximate surface area is 177 Å². The van der Waals surface area contributed by atoms with Gasteiger partial charge in [-0.15, -0.1) is 0 Å². The fraction of sp³-hybridized carbons (Fsp3) is 0.391. The van der Waals surface area contributed by atoms with Crippen LogP contribution in [0.1, 0.15) is 37.0 Å². The summed E-state index contributed by atoms with van der Waals surface area (Å²) in [6.07, 6.45) is 2.17. The lowest BCUT2D eigenvalue weighted by molar-refractivity contribution is -0.114. The van der Waals surface area contributed by atoms with Crippen molar-refractivity contribution in [2.24, 2.45) is 0 Å². The van der Waals surface area contributed by atoms with E-state index in [1.165, 1.54) is 0 Å². The number of carbonyl (C=O) groups is 2. The first kappa shape index (κ1) is 21.6. The Morgan fingerprint density at radius 3 is 2.60 bits per heavy atom. The van der Waals surface area contributed by atoms with Crippen molar-refractivity contribution in [3.8, 4) is 5.75 Å². The zero-order valence-electron chi connectivity index (χ0n) is 17.4. The van der Waals surface area contributed by atoms with Crippen LogP contribution in [-0.2, 0) is 9.53 Å².